The molecule has 0 aromatic heterocycles. The van der Waals surface area contributed by atoms with Crippen LogP contribution in [0.5, 0.6) is 0 Å². The second-order valence-corrected chi connectivity index (χ2v) is 7.84. The number of nitrogens with two attached hydrogens (primary N) is 1. The zero-order valence-corrected chi connectivity index (χ0v) is 12.9. The van der Waals surface area contributed by atoms with Crippen molar-refractivity contribution >= 4 is 0 Å². The summed E-state index contributed by atoms with van der Waals surface area (Å²) in [6, 6.07) is 0.889. The van der Waals surface area contributed by atoms with Gasteiger partial charge in [0.2, 0.25) is 0 Å². The van der Waals surface area contributed by atoms with Gasteiger partial charge in [0.1, 0.15) is 0 Å². The Labute approximate surface area is 119 Å². The molecule has 0 spiro atoms. The molecule has 0 saturated heterocycles. The molecule has 110 valence electrons. The van der Waals surface area contributed by atoms with Crippen molar-refractivity contribution < 1.29 is 0 Å². The quantitative estimate of drug-likeness (QED) is 0.796. The van der Waals surface area contributed by atoms with Gasteiger partial charge in [0.15, 0.2) is 0 Å². The lowest BCUT2D eigenvalue weighted by molar-refractivity contribution is 0.0244. The maximum Gasteiger partial charge on any atom is 0.0335 e. The summed E-state index contributed by atoms with van der Waals surface area (Å²) >= 11 is 0. The monoisotopic (exact) mass is 264 g/mol. The molecule has 3 fully saturated rings. The van der Waals surface area contributed by atoms with E-state index in [0.717, 1.165) is 30.3 Å². The smallest absolute Gasteiger partial charge is 0.0335 e. The fourth-order valence-corrected chi connectivity index (χ4v) is 4.15. The number of hydrogen-bond acceptors (Lipinski definition) is 2. The van der Waals surface area contributed by atoms with E-state index < -0.39 is 0 Å². The van der Waals surface area contributed by atoms with Crippen molar-refractivity contribution in [3.63, 3.8) is 0 Å². The summed E-state index contributed by atoms with van der Waals surface area (Å²) in [7, 11) is 0. The molecule has 0 amide bonds. The summed E-state index contributed by atoms with van der Waals surface area (Å²) in [6.07, 6.45) is 11.3. The van der Waals surface area contributed by atoms with Gasteiger partial charge >= 0.3 is 0 Å². The van der Waals surface area contributed by atoms with Gasteiger partial charge in [0.25, 0.3) is 0 Å². The van der Waals surface area contributed by atoms with Crippen molar-refractivity contribution in [1.82, 2.24) is 4.90 Å². The molecule has 3 aliphatic rings. The highest BCUT2D eigenvalue weighted by Crippen LogP contribution is 2.45. The standard InChI is InChI=1S/C17H32N2/c1-13(2)15-7-9-17(12-18,10-8-15)19(16-5-6-16)11-14-3-4-14/h13-16H,3-12,18H2,1-2H3. The van der Waals surface area contributed by atoms with Crippen molar-refractivity contribution in [3.05, 3.63) is 0 Å². The fourth-order valence-electron chi connectivity index (χ4n) is 4.15. The molecule has 0 aliphatic heterocycles. The molecule has 3 aliphatic carbocycles. The number of hydrogen-bond donors (Lipinski definition) is 1. The molecule has 0 aromatic carbocycles. The van der Waals surface area contributed by atoms with E-state index in [9.17, 15) is 0 Å². The van der Waals surface area contributed by atoms with Crippen LogP contribution in [-0.2, 0) is 0 Å². The molecule has 2 heteroatoms. The van der Waals surface area contributed by atoms with Gasteiger partial charge in [0, 0.05) is 24.7 Å². The molecular formula is C17H32N2. The maximum atomic E-state index is 6.28. The highest BCUT2D eigenvalue weighted by atomic mass is 15.3. The zero-order chi connectivity index (χ0) is 13.5. The van der Waals surface area contributed by atoms with Gasteiger partial charge in [-0.1, -0.05) is 13.8 Å². The van der Waals surface area contributed by atoms with Crippen LogP contribution in [-0.4, -0.2) is 29.6 Å². The highest BCUT2D eigenvalue weighted by Gasteiger charge is 2.47. The minimum Gasteiger partial charge on any atom is -0.329 e. The van der Waals surface area contributed by atoms with E-state index in [0.29, 0.717) is 5.54 Å². The Morgan fingerprint density at radius 1 is 1.05 bits per heavy atom. The van der Waals surface area contributed by atoms with E-state index in [2.05, 4.69) is 18.7 Å². The Bertz CT molecular complexity index is 296. The largest absolute Gasteiger partial charge is 0.329 e. The normalized spacial score (nSPS) is 36.2. The summed E-state index contributed by atoms with van der Waals surface area (Å²) < 4.78 is 0. The summed E-state index contributed by atoms with van der Waals surface area (Å²) in [5, 5.41) is 0. The Morgan fingerprint density at radius 3 is 2.11 bits per heavy atom. The average molecular weight is 264 g/mol. The van der Waals surface area contributed by atoms with E-state index in [-0.39, 0.29) is 0 Å². The molecule has 0 aromatic rings. The van der Waals surface area contributed by atoms with Crippen LogP contribution in [0.3, 0.4) is 0 Å². The van der Waals surface area contributed by atoms with Crippen LogP contribution in [0, 0.1) is 17.8 Å². The first-order chi connectivity index (χ1) is 9.14. The topological polar surface area (TPSA) is 29.3 Å². The summed E-state index contributed by atoms with van der Waals surface area (Å²) in [6.45, 7) is 7.03. The molecule has 0 unspecified atom stereocenters. The lowest BCUT2D eigenvalue weighted by Crippen LogP contribution is -2.57. The second-order valence-electron chi connectivity index (χ2n) is 7.84. The molecule has 2 N–H and O–H groups in total. The third-order valence-corrected chi connectivity index (χ3v) is 6.03. The minimum atomic E-state index is 0.370. The van der Waals surface area contributed by atoms with Gasteiger partial charge in [-0.25, -0.2) is 0 Å². The van der Waals surface area contributed by atoms with Crippen LogP contribution < -0.4 is 5.73 Å². The molecule has 0 bridgehead atoms. The fraction of sp³-hybridized carbons (Fsp3) is 1.00. The van der Waals surface area contributed by atoms with Crippen LogP contribution >= 0.6 is 0 Å². The van der Waals surface area contributed by atoms with Gasteiger partial charge in [-0.05, 0) is 69.1 Å². The first kappa shape index (κ1) is 13.9. The van der Waals surface area contributed by atoms with E-state index in [1.807, 2.05) is 0 Å². The predicted molar refractivity (Wildman–Crippen MR) is 81.0 cm³/mol. The van der Waals surface area contributed by atoms with Crippen LogP contribution in [0.25, 0.3) is 0 Å². The van der Waals surface area contributed by atoms with Gasteiger partial charge in [-0.2, -0.15) is 0 Å². The van der Waals surface area contributed by atoms with Crippen molar-refractivity contribution in [2.45, 2.75) is 76.8 Å². The first-order valence-electron chi connectivity index (χ1n) is 8.61. The molecule has 19 heavy (non-hydrogen) atoms. The zero-order valence-electron chi connectivity index (χ0n) is 12.9. The first-order valence-corrected chi connectivity index (χ1v) is 8.61. The summed E-state index contributed by atoms with van der Waals surface area (Å²) in [5.74, 6) is 2.81. The van der Waals surface area contributed by atoms with Crippen molar-refractivity contribution in [2.75, 3.05) is 13.1 Å². The van der Waals surface area contributed by atoms with Crippen LogP contribution in [0.4, 0.5) is 0 Å². The predicted octanol–water partition coefficient (Wildman–Crippen LogP) is 3.40. The SMILES string of the molecule is CC(C)C1CCC(CN)(N(CC2CC2)C2CC2)CC1. The molecule has 0 radical (unpaired) electrons. The lowest BCUT2D eigenvalue weighted by Gasteiger charge is -2.49. The van der Waals surface area contributed by atoms with E-state index in [4.69, 9.17) is 5.73 Å². The number of rotatable bonds is 6. The second kappa shape index (κ2) is 5.37. The molecule has 0 atom stereocenters. The van der Waals surface area contributed by atoms with Gasteiger partial charge in [0.05, 0.1) is 0 Å². The van der Waals surface area contributed by atoms with Crippen molar-refractivity contribution in [1.29, 1.82) is 0 Å². The molecule has 2 nitrogen and oxygen atoms in total. The Kier molecular flexibility index (Phi) is 3.92. The van der Waals surface area contributed by atoms with Crippen LogP contribution in [0.15, 0.2) is 0 Å². The van der Waals surface area contributed by atoms with E-state index in [1.165, 1.54) is 57.9 Å². The molecule has 3 saturated carbocycles. The third-order valence-electron chi connectivity index (χ3n) is 6.03. The highest BCUT2D eigenvalue weighted by molar-refractivity contribution is 5.03. The molecular weight excluding hydrogens is 232 g/mol. The van der Waals surface area contributed by atoms with Gasteiger partial charge < -0.3 is 5.73 Å². The van der Waals surface area contributed by atoms with Gasteiger partial charge in [-0.3, -0.25) is 4.90 Å². The average Bonchev–Trinajstić information content (AvgIpc) is 3.28. The van der Waals surface area contributed by atoms with Crippen molar-refractivity contribution in [3.8, 4) is 0 Å². The maximum absolute atomic E-state index is 6.28. The molecule has 3 rings (SSSR count). The van der Waals surface area contributed by atoms with Crippen LogP contribution in [0.2, 0.25) is 0 Å². The van der Waals surface area contributed by atoms with E-state index >= 15 is 0 Å². The van der Waals surface area contributed by atoms with Gasteiger partial charge in [-0.15, -0.1) is 0 Å². The summed E-state index contributed by atoms with van der Waals surface area (Å²) in [5.41, 5.74) is 6.65. The minimum absolute atomic E-state index is 0.370. The third kappa shape index (κ3) is 3.00. The Morgan fingerprint density at radius 2 is 1.68 bits per heavy atom. The Balaban J connectivity index is 1.67. The summed E-state index contributed by atoms with van der Waals surface area (Å²) in [4.78, 5) is 2.88. The van der Waals surface area contributed by atoms with Crippen molar-refractivity contribution in [2.24, 2.45) is 23.5 Å². The van der Waals surface area contributed by atoms with E-state index in [1.54, 1.807) is 0 Å². The number of nitrogens with zero attached hydrogens (tertiary/aromatic N) is 1. The molecule has 0 heterocycles. The lowest BCUT2D eigenvalue weighted by atomic mass is 9.71. The van der Waals surface area contributed by atoms with Crippen LogP contribution in [0.1, 0.15) is 65.2 Å². The Hall–Kier alpha value is -0.0800.